The zero-order valence-corrected chi connectivity index (χ0v) is 12.7. The molecule has 1 unspecified atom stereocenters. The van der Waals surface area contributed by atoms with Crippen LogP contribution in [0, 0.1) is 0 Å². The molecule has 0 fully saturated rings. The SMILES string of the molecule is CCOCC(C)NS(=O)(=O)CCOc1ccccc1N. The minimum absolute atomic E-state index is 0.0465. The zero-order valence-electron chi connectivity index (χ0n) is 11.8. The monoisotopic (exact) mass is 302 g/mol. The summed E-state index contributed by atoms with van der Waals surface area (Å²) in [5, 5.41) is 0. The smallest absolute Gasteiger partial charge is 0.215 e. The van der Waals surface area contributed by atoms with E-state index < -0.39 is 10.0 Å². The van der Waals surface area contributed by atoms with E-state index in [1.54, 1.807) is 31.2 Å². The third-order valence-electron chi connectivity index (χ3n) is 2.48. The van der Waals surface area contributed by atoms with Crippen molar-refractivity contribution < 1.29 is 17.9 Å². The first-order valence-electron chi connectivity index (χ1n) is 6.49. The molecular formula is C13H22N2O4S. The van der Waals surface area contributed by atoms with Crippen molar-refractivity contribution >= 4 is 15.7 Å². The summed E-state index contributed by atoms with van der Waals surface area (Å²) in [5.74, 6) is 0.364. The molecule has 0 heterocycles. The topological polar surface area (TPSA) is 90.6 Å². The highest BCUT2D eigenvalue weighted by Crippen LogP contribution is 2.19. The lowest BCUT2D eigenvalue weighted by molar-refractivity contribution is 0.133. The van der Waals surface area contributed by atoms with Crippen LogP contribution in [0.3, 0.4) is 0 Å². The molecule has 0 spiro atoms. The Hall–Kier alpha value is -1.31. The van der Waals surface area contributed by atoms with Gasteiger partial charge in [-0.3, -0.25) is 0 Å². The predicted molar refractivity (Wildman–Crippen MR) is 79.2 cm³/mol. The number of nitrogens with two attached hydrogens (primary N) is 1. The van der Waals surface area contributed by atoms with E-state index in [2.05, 4.69) is 4.72 Å². The number of rotatable bonds is 9. The molecule has 0 saturated heterocycles. The van der Waals surface area contributed by atoms with Gasteiger partial charge in [-0.1, -0.05) is 12.1 Å². The molecule has 6 nitrogen and oxygen atoms in total. The summed E-state index contributed by atoms with van der Waals surface area (Å²) in [6.07, 6.45) is 0. The second kappa shape index (κ2) is 8.08. The van der Waals surface area contributed by atoms with Gasteiger partial charge in [-0.15, -0.1) is 0 Å². The van der Waals surface area contributed by atoms with E-state index in [0.717, 1.165) is 0 Å². The third kappa shape index (κ3) is 6.23. The van der Waals surface area contributed by atoms with Crippen LogP contribution in [0.15, 0.2) is 24.3 Å². The highest BCUT2D eigenvalue weighted by Gasteiger charge is 2.14. The number of nitrogens with one attached hydrogen (secondary N) is 1. The Bertz CT molecular complexity index is 505. The largest absolute Gasteiger partial charge is 0.490 e. The lowest BCUT2D eigenvalue weighted by Crippen LogP contribution is -2.38. The fraction of sp³-hybridized carbons (Fsp3) is 0.538. The van der Waals surface area contributed by atoms with Gasteiger partial charge in [0.25, 0.3) is 0 Å². The molecule has 0 aliphatic carbocycles. The van der Waals surface area contributed by atoms with Gasteiger partial charge in [0.1, 0.15) is 12.4 Å². The lowest BCUT2D eigenvalue weighted by Gasteiger charge is -2.14. The van der Waals surface area contributed by atoms with Crippen LogP contribution in [0.4, 0.5) is 5.69 Å². The quantitative estimate of drug-likeness (QED) is 0.664. The van der Waals surface area contributed by atoms with Gasteiger partial charge in [-0.05, 0) is 26.0 Å². The Balaban J connectivity index is 2.38. The van der Waals surface area contributed by atoms with Crippen molar-refractivity contribution in [1.29, 1.82) is 0 Å². The molecular weight excluding hydrogens is 280 g/mol. The van der Waals surface area contributed by atoms with E-state index in [4.69, 9.17) is 15.2 Å². The molecule has 0 aromatic heterocycles. The summed E-state index contributed by atoms with van der Waals surface area (Å²) in [4.78, 5) is 0. The van der Waals surface area contributed by atoms with Gasteiger partial charge < -0.3 is 15.2 Å². The molecule has 0 radical (unpaired) electrons. The average Bonchev–Trinajstić information content (AvgIpc) is 2.38. The number of hydrogen-bond donors (Lipinski definition) is 2. The summed E-state index contributed by atoms with van der Waals surface area (Å²) in [6.45, 7) is 4.57. The van der Waals surface area contributed by atoms with Crippen molar-refractivity contribution in [1.82, 2.24) is 4.72 Å². The number of para-hydroxylation sites is 2. The van der Waals surface area contributed by atoms with Crippen molar-refractivity contribution in [3.05, 3.63) is 24.3 Å². The minimum atomic E-state index is -3.39. The first-order valence-corrected chi connectivity index (χ1v) is 8.15. The van der Waals surface area contributed by atoms with Crippen LogP contribution < -0.4 is 15.2 Å². The van der Waals surface area contributed by atoms with Crippen molar-refractivity contribution in [3.8, 4) is 5.75 Å². The van der Waals surface area contributed by atoms with Gasteiger partial charge >= 0.3 is 0 Å². The van der Waals surface area contributed by atoms with Crippen molar-refractivity contribution in [3.63, 3.8) is 0 Å². The van der Waals surface area contributed by atoms with Crippen LogP contribution >= 0.6 is 0 Å². The van der Waals surface area contributed by atoms with Crippen LogP contribution in [0.25, 0.3) is 0 Å². The molecule has 1 aromatic carbocycles. The standard InChI is InChI=1S/C13H22N2O4S/c1-3-18-10-11(2)15-20(16,17)9-8-19-13-7-5-4-6-12(13)14/h4-7,11,15H,3,8-10,14H2,1-2H3. The molecule has 1 aromatic rings. The predicted octanol–water partition coefficient (Wildman–Crippen LogP) is 0.992. The average molecular weight is 302 g/mol. The molecule has 0 bridgehead atoms. The molecule has 0 aliphatic rings. The van der Waals surface area contributed by atoms with E-state index >= 15 is 0 Å². The molecule has 0 aliphatic heterocycles. The van der Waals surface area contributed by atoms with Crippen LogP contribution in [-0.2, 0) is 14.8 Å². The summed E-state index contributed by atoms with van der Waals surface area (Å²) < 4.78 is 36.6. The summed E-state index contributed by atoms with van der Waals surface area (Å²) >= 11 is 0. The highest BCUT2D eigenvalue weighted by atomic mass is 32.2. The molecule has 7 heteroatoms. The van der Waals surface area contributed by atoms with E-state index in [9.17, 15) is 8.42 Å². The van der Waals surface area contributed by atoms with Gasteiger partial charge in [0, 0.05) is 12.6 Å². The highest BCUT2D eigenvalue weighted by molar-refractivity contribution is 7.89. The minimum Gasteiger partial charge on any atom is -0.490 e. The summed E-state index contributed by atoms with van der Waals surface area (Å²) in [7, 11) is -3.39. The summed E-state index contributed by atoms with van der Waals surface area (Å²) in [6, 6.07) is 6.71. The number of hydrogen-bond acceptors (Lipinski definition) is 5. The second-order valence-corrected chi connectivity index (χ2v) is 6.26. The third-order valence-corrected chi connectivity index (χ3v) is 3.95. The van der Waals surface area contributed by atoms with Crippen molar-refractivity contribution in [2.24, 2.45) is 0 Å². The number of anilines is 1. The van der Waals surface area contributed by atoms with Gasteiger partial charge in [-0.25, -0.2) is 13.1 Å². The summed E-state index contributed by atoms with van der Waals surface area (Å²) in [5.41, 5.74) is 6.19. The van der Waals surface area contributed by atoms with E-state index in [1.807, 2.05) is 6.92 Å². The normalized spacial score (nSPS) is 13.1. The fourth-order valence-corrected chi connectivity index (χ4v) is 2.67. The van der Waals surface area contributed by atoms with Crippen molar-refractivity contribution in [2.75, 3.05) is 31.3 Å². The fourth-order valence-electron chi connectivity index (χ4n) is 1.57. The molecule has 0 amide bonds. The van der Waals surface area contributed by atoms with Gasteiger partial charge in [0.2, 0.25) is 10.0 Å². The Kier molecular flexibility index (Phi) is 6.77. The Morgan fingerprint density at radius 1 is 1.35 bits per heavy atom. The Labute approximate surface area is 120 Å². The van der Waals surface area contributed by atoms with Crippen molar-refractivity contribution in [2.45, 2.75) is 19.9 Å². The maximum atomic E-state index is 11.8. The molecule has 114 valence electrons. The maximum Gasteiger partial charge on any atom is 0.215 e. The Morgan fingerprint density at radius 3 is 2.70 bits per heavy atom. The number of sulfonamides is 1. The van der Waals surface area contributed by atoms with Crippen LogP contribution in [0.1, 0.15) is 13.8 Å². The number of benzene rings is 1. The van der Waals surface area contributed by atoms with E-state index in [-0.39, 0.29) is 18.4 Å². The molecule has 0 saturated carbocycles. The van der Waals surface area contributed by atoms with E-state index in [1.165, 1.54) is 0 Å². The number of nitrogen functional groups attached to an aromatic ring is 1. The van der Waals surface area contributed by atoms with Gasteiger partial charge in [0.05, 0.1) is 18.0 Å². The zero-order chi connectivity index (χ0) is 15.0. The first kappa shape index (κ1) is 16.7. The Morgan fingerprint density at radius 2 is 2.05 bits per heavy atom. The van der Waals surface area contributed by atoms with E-state index in [0.29, 0.717) is 24.7 Å². The first-order chi connectivity index (χ1) is 9.44. The molecule has 20 heavy (non-hydrogen) atoms. The molecule has 1 rings (SSSR count). The van der Waals surface area contributed by atoms with Gasteiger partial charge in [-0.2, -0.15) is 0 Å². The van der Waals surface area contributed by atoms with Crippen LogP contribution in [0.2, 0.25) is 0 Å². The molecule has 1 atom stereocenters. The lowest BCUT2D eigenvalue weighted by atomic mass is 10.3. The number of ether oxygens (including phenoxy) is 2. The van der Waals surface area contributed by atoms with Crippen LogP contribution in [0.5, 0.6) is 5.75 Å². The maximum absolute atomic E-state index is 11.8. The van der Waals surface area contributed by atoms with Crippen LogP contribution in [-0.4, -0.2) is 40.0 Å². The van der Waals surface area contributed by atoms with Gasteiger partial charge in [0.15, 0.2) is 0 Å². The molecule has 3 N–H and O–H groups in total. The second-order valence-electron chi connectivity index (χ2n) is 4.38.